The van der Waals surface area contributed by atoms with E-state index in [4.69, 9.17) is 4.74 Å². The summed E-state index contributed by atoms with van der Waals surface area (Å²) in [7, 11) is -1.85. The van der Waals surface area contributed by atoms with Crippen molar-refractivity contribution in [1.29, 1.82) is 0 Å². The Morgan fingerprint density at radius 3 is 2.55 bits per heavy atom. The average molecular weight is 489 g/mol. The summed E-state index contributed by atoms with van der Waals surface area (Å²) in [6, 6.07) is 10.5. The van der Waals surface area contributed by atoms with Crippen LogP contribution >= 0.6 is 11.3 Å². The number of rotatable bonds is 6. The van der Waals surface area contributed by atoms with Crippen LogP contribution in [0.4, 0.5) is 9.93 Å². The van der Waals surface area contributed by atoms with Gasteiger partial charge in [-0.3, -0.25) is 14.5 Å². The van der Waals surface area contributed by atoms with E-state index in [1.54, 1.807) is 37.3 Å². The molecule has 0 aliphatic carbocycles. The van der Waals surface area contributed by atoms with Gasteiger partial charge in [-0.1, -0.05) is 23.5 Å². The number of thiazole rings is 1. The first kappa shape index (κ1) is 22.7. The maximum Gasteiger partial charge on any atom is 0.325 e. The number of methoxy groups -OCH3 is 1. The fourth-order valence-electron chi connectivity index (χ4n) is 3.45. The van der Waals surface area contributed by atoms with Gasteiger partial charge in [-0.2, -0.15) is 0 Å². The largest absolute Gasteiger partial charge is 0.497 e. The molecule has 3 aromatic rings. The third-order valence-corrected chi connectivity index (χ3v) is 7.32. The molecule has 33 heavy (non-hydrogen) atoms. The summed E-state index contributed by atoms with van der Waals surface area (Å²) < 4.78 is 29.2. The Bertz CT molecular complexity index is 1380. The predicted octanol–water partition coefficient (Wildman–Crippen LogP) is 2.11. The first-order valence-corrected chi connectivity index (χ1v) is 12.4. The minimum atomic E-state index is -3.38. The van der Waals surface area contributed by atoms with Crippen molar-refractivity contribution in [2.24, 2.45) is 0 Å². The van der Waals surface area contributed by atoms with Gasteiger partial charge in [0.2, 0.25) is 5.91 Å². The van der Waals surface area contributed by atoms with Gasteiger partial charge in [-0.05, 0) is 42.8 Å². The van der Waals surface area contributed by atoms with Crippen LogP contribution in [0.2, 0.25) is 0 Å². The quantitative estimate of drug-likeness (QED) is 0.508. The molecule has 1 atom stereocenters. The Morgan fingerprint density at radius 2 is 1.91 bits per heavy atom. The summed E-state index contributed by atoms with van der Waals surface area (Å²) in [6.45, 7) is 1.07. The molecule has 0 saturated carbocycles. The van der Waals surface area contributed by atoms with Crippen molar-refractivity contribution in [1.82, 2.24) is 15.2 Å². The fourth-order valence-corrected chi connectivity index (χ4v) is 5.10. The van der Waals surface area contributed by atoms with Gasteiger partial charge >= 0.3 is 6.03 Å². The van der Waals surface area contributed by atoms with Crippen molar-refractivity contribution >= 4 is 54.4 Å². The number of carbonyl (C=O) groups is 3. The molecule has 2 N–H and O–H groups in total. The van der Waals surface area contributed by atoms with E-state index in [1.807, 2.05) is 0 Å². The van der Waals surface area contributed by atoms with Gasteiger partial charge in [0.15, 0.2) is 15.0 Å². The maximum atomic E-state index is 13.0. The highest BCUT2D eigenvalue weighted by Gasteiger charge is 2.49. The standard InChI is InChI=1S/C21H20N4O6S2/c1-21(12-4-6-13(31-2)7-5-12)18(27)25(20(28)24-21)11-17(26)23-19-22-15-9-8-14(33(3,29)30)10-16(15)32-19/h4-10H,11H2,1-3H3,(H,24,28)(H,22,23,26). The number of fused-ring (bicyclic) bond motifs is 1. The number of ether oxygens (including phenoxy) is 1. The molecule has 1 aliphatic rings. The first-order chi connectivity index (χ1) is 15.5. The predicted molar refractivity (Wildman–Crippen MR) is 122 cm³/mol. The zero-order chi connectivity index (χ0) is 24.0. The monoisotopic (exact) mass is 488 g/mol. The topological polar surface area (TPSA) is 135 Å². The van der Waals surface area contributed by atoms with Crippen LogP contribution in [0.5, 0.6) is 5.75 Å². The fraction of sp³-hybridized carbons (Fsp3) is 0.238. The Balaban J connectivity index is 1.49. The van der Waals surface area contributed by atoms with E-state index in [1.165, 1.54) is 19.2 Å². The van der Waals surface area contributed by atoms with Gasteiger partial charge in [0.25, 0.3) is 5.91 Å². The Morgan fingerprint density at radius 1 is 1.21 bits per heavy atom. The highest BCUT2D eigenvalue weighted by molar-refractivity contribution is 7.90. The number of sulfone groups is 1. The molecule has 2 aromatic carbocycles. The van der Waals surface area contributed by atoms with Gasteiger partial charge in [-0.25, -0.2) is 18.2 Å². The number of anilines is 1. The number of urea groups is 1. The van der Waals surface area contributed by atoms with Crippen molar-refractivity contribution in [2.45, 2.75) is 17.4 Å². The second kappa shape index (κ2) is 8.12. The lowest BCUT2D eigenvalue weighted by molar-refractivity contribution is -0.133. The second-order valence-corrected chi connectivity index (χ2v) is 10.7. The van der Waals surface area contributed by atoms with Crippen molar-refractivity contribution in [3.8, 4) is 5.75 Å². The summed E-state index contributed by atoms with van der Waals surface area (Å²) >= 11 is 1.09. The van der Waals surface area contributed by atoms with E-state index in [0.29, 0.717) is 21.5 Å². The Kier molecular flexibility index (Phi) is 5.58. The number of hydrogen-bond acceptors (Lipinski definition) is 8. The van der Waals surface area contributed by atoms with Gasteiger partial charge in [0.1, 0.15) is 17.8 Å². The van der Waals surface area contributed by atoms with Gasteiger partial charge in [0, 0.05) is 6.26 Å². The number of imide groups is 1. The zero-order valence-corrected chi connectivity index (χ0v) is 19.5. The van der Waals surface area contributed by atoms with Gasteiger partial charge < -0.3 is 15.4 Å². The molecule has 1 aliphatic heterocycles. The lowest BCUT2D eigenvalue weighted by atomic mass is 9.92. The normalized spacial score (nSPS) is 18.5. The third kappa shape index (κ3) is 4.26. The van der Waals surface area contributed by atoms with Crippen molar-refractivity contribution in [3.05, 3.63) is 48.0 Å². The van der Waals surface area contributed by atoms with Crippen LogP contribution in [0.3, 0.4) is 0 Å². The number of nitrogens with one attached hydrogen (secondary N) is 2. The Hall–Kier alpha value is -3.51. The van der Waals surface area contributed by atoms with E-state index in [9.17, 15) is 22.8 Å². The highest BCUT2D eigenvalue weighted by atomic mass is 32.2. The van der Waals surface area contributed by atoms with E-state index in [0.717, 1.165) is 22.5 Å². The van der Waals surface area contributed by atoms with Crippen molar-refractivity contribution < 1.29 is 27.5 Å². The van der Waals surface area contributed by atoms with E-state index in [2.05, 4.69) is 15.6 Å². The molecule has 0 radical (unpaired) electrons. The van der Waals surface area contributed by atoms with Crippen LogP contribution in [0.25, 0.3) is 10.2 Å². The lowest BCUT2D eigenvalue weighted by Crippen LogP contribution is -2.42. The van der Waals surface area contributed by atoms with Crippen LogP contribution in [0.1, 0.15) is 12.5 Å². The van der Waals surface area contributed by atoms with Gasteiger partial charge in [-0.15, -0.1) is 0 Å². The summed E-state index contributed by atoms with van der Waals surface area (Å²) in [5.74, 6) is -0.565. The van der Waals surface area contributed by atoms with Crippen LogP contribution in [0, 0.1) is 0 Å². The van der Waals surface area contributed by atoms with Crippen molar-refractivity contribution in [3.63, 3.8) is 0 Å². The lowest BCUT2D eigenvalue weighted by Gasteiger charge is -2.22. The van der Waals surface area contributed by atoms with E-state index in [-0.39, 0.29) is 10.0 Å². The van der Waals surface area contributed by atoms with Crippen LogP contribution in [-0.4, -0.2) is 56.1 Å². The molecule has 1 aromatic heterocycles. The second-order valence-electron chi connectivity index (χ2n) is 7.64. The molecule has 2 heterocycles. The smallest absolute Gasteiger partial charge is 0.325 e. The number of nitrogens with zero attached hydrogens (tertiary/aromatic N) is 2. The van der Waals surface area contributed by atoms with E-state index < -0.39 is 39.8 Å². The minimum absolute atomic E-state index is 0.147. The van der Waals surface area contributed by atoms with E-state index >= 15 is 0 Å². The Labute approximate surface area is 193 Å². The first-order valence-electron chi connectivity index (χ1n) is 9.70. The molecule has 12 heteroatoms. The summed E-state index contributed by atoms with van der Waals surface area (Å²) in [6.07, 6.45) is 1.11. The molecular formula is C21H20N4O6S2. The molecule has 0 spiro atoms. The molecule has 4 amide bonds. The van der Waals surface area contributed by atoms with Crippen LogP contribution in [0.15, 0.2) is 47.4 Å². The molecule has 4 rings (SSSR count). The molecule has 1 fully saturated rings. The van der Waals surface area contributed by atoms with Crippen LogP contribution in [-0.2, 0) is 25.0 Å². The maximum absolute atomic E-state index is 13.0. The number of amides is 4. The van der Waals surface area contributed by atoms with Gasteiger partial charge in [0.05, 0.1) is 22.2 Å². The molecule has 1 saturated heterocycles. The minimum Gasteiger partial charge on any atom is -0.497 e. The summed E-state index contributed by atoms with van der Waals surface area (Å²) in [5.41, 5.74) is -0.246. The number of aromatic nitrogens is 1. The molecular weight excluding hydrogens is 468 g/mol. The highest BCUT2D eigenvalue weighted by Crippen LogP contribution is 2.31. The average Bonchev–Trinajstić information content (AvgIpc) is 3.26. The number of carbonyl (C=O) groups excluding carboxylic acids is 3. The van der Waals surface area contributed by atoms with Crippen LogP contribution < -0.4 is 15.4 Å². The molecule has 1 unspecified atom stereocenters. The molecule has 10 nitrogen and oxygen atoms in total. The SMILES string of the molecule is COc1ccc(C2(C)NC(=O)N(CC(=O)Nc3nc4ccc(S(C)(=O)=O)cc4s3)C2=O)cc1. The third-order valence-electron chi connectivity index (χ3n) is 5.28. The van der Waals surface area contributed by atoms with Crippen molar-refractivity contribution in [2.75, 3.05) is 25.2 Å². The zero-order valence-electron chi connectivity index (χ0n) is 17.9. The summed E-state index contributed by atoms with van der Waals surface area (Å²) in [4.78, 5) is 43.3. The number of benzene rings is 2. The molecule has 0 bridgehead atoms. The molecule has 172 valence electrons. The number of hydrogen-bond donors (Lipinski definition) is 2. The summed E-state index contributed by atoms with van der Waals surface area (Å²) in [5, 5.41) is 5.44.